The smallest absolute Gasteiger partial charge is 0.223 e. The predicted molar refractivity (Wildman–Crippen MR) is 90.1 cm³/mol. The van der Waals surface area contributed by atoms with Crippen molar-refractivity contribution in [3.05, 3.63) is 34.9 Å². The van der Waals surface area contributed by atoms with E-state index in [0.717, 1.165) is 29.8 Å². The molecule has 3 nitrogen and oxygen atoms in total. The van der Waals surface area contributed by atoms with E-state index in [-0.39, 0.29) is 29.8 Å². The monoisotopic (exact) mass is 330 g/mol. The minimum Gasteiger partial charge on any atom is -0.354 e. The first kappa shape index (κ1) is 18.3. The molecule has 1 saturated carbocycles. The molecule has 0 radical (unpaired) electrons. The van der Waals surface area contributed by atoms with Crippen LogP contribution in [0.2, 0.25) is 5.02 Å². The zero-order valence-corrected chi connectivity index (χ0v) is 14.1. The highest BCUT2D eigenvalue weighted by Gasteiger charge is 2.44. The lowest BCUT2D eigenvalue weighted by atomic mass is 9.94. The summed E-state index contributed by atoms with van der Waals surface area (Å²) in [5, 5.41) is 3.73. The third-order valence-electron chi connectivity index (χ3n) is 4.43. The van der Waals surface area contributed by atoms with Crippen molar-refractivity contribution in [2.45, 2.75) is 44.6 Å². The molecule has 1 aliphatic rings. The van der Waals surface area contributed by atoms with E-state index in [4.69, 9.17) is 17.3 Å². The molecule has 1 amide bonds. The molecule has 0 heterocycles. The highest BCUT2D eigenvalue weighted by molar-refractivity contribution is 6.30. The molecule has 2 unspecified atom stereocenters. The van der Waals surface area contributed by atoms with Gasteiger partial charge in [0.15, 0.2) is 0 Å². The lowest BCUT2D eigenvalue weighted by Gasteiger charge is -2.26. The summed E-state index contributed by atoms with van der Waals surface area (Å²) in [6.45, 7) is 4.67. The number of hydrogen-bond acceptors (Lipinski definition) is 2. The van der Waals surface area contributed by atoms with E-state index < -0.39 is 0 Å². The van der Waals surface area contributed by atoms with Crippen LogP contribution in [0, 0.1) is 5.92 Å². The van der Waals surface area contributed by atoms with Crippen LogP contribution < -0.4 is 11.1 Å². The molecule has 0 aromatic heterocycles. The maximum Gasteiger partial charge on any atom is 0.223 e. The molecule has 21 heavy (non-hydrogen) atoms. The number of rotatable bonds is 6. The SMILES string of the molecule is CCC(N)(CC)CNC(=O)C1CC1c1cccc(Cl)c1.Cl. The number of carbonyl (C=O) groups is 1. The largest absolute Gasteiger partial charge is 0.354 e. The maximum atomic E-state index is 12.2. The summed E-state index contributed by atoms with van der Waals surface area (Å²) in [6.07, 6.45) is 2.64. The number of carbonyl (C=O) groups excluding carboxylic acids is 1. The van der Waals surface area contributed by atoms with Gasteiger partial charge in [0.25, 0.3) is 0 Å². The van der Waals surface area contributed by atoms with Crippen molar-refractivity contribution in [3.8, 4) is 0 Å². The lowest BCUT2D eigenvalue weighted by molar-refractivity contribution is -0.122. The molecule has 118 valence electrons. The van der Waals surface area contributed by atoms with Gasteiger partial charge in [-0.3, -0.25) is 4.79 Å². The number of nitrogens with one attached hydrogen (secondary N) is 1. The molecule has 0 saturated heterocycles. The fourth-order valence-electron chi connectivity index (χ4n) is 2.48. The van der Waals surface area contributed by atoms with Gasteiger partial charge in [-0.25, -0.2) is 0 Å². The van der Waals surface area contributed by atoms with Crippen LogP contribution in [0.1, 0.15) is 44.6 Å². The Hall–Kier alpha value is -0.770. The van der Waals surface area contributed by atoms with Crippen LogP contribution in [-0.2, 0) is 4.79 Å². The molecule has 0 bridgehead atoms. The summed E-state index contributed by atoms with van der Waals surface area (Å²) in [5.74, 6) is 0.502. The van der Waals surface area contributed by atoms with Crippen molar-refractivity contribution in [2.75, 3.05) is 6.54 Å². The Bertz CT molecular complexity index is 489. The topological polar surface area (TPSA) is 55.1 Å². The summed E-state index contributed by atoms with van der Waals surface area (Å²) in [6, 6.07) is 7.78. The van der Waals surface area contributed by atoms with Crippen molar-refractivity contribution < 1.29 is 4.79 Å². The van der Waals surface area contributed by atoms with Crippen molar-refractivity contribution in [3.63, 3.8) is 0 Å². The second-order valence-electron chi connectivity index (χ2n) is 5.79. The Balaban J connectivity index is 0.00000220. The van der Waals surface area contributed by atoms with Crippen LogP contribution in [0.25, 0.3) is 0 Å². The third kappa shape index (κ3) is 4.60. The first-order valence-electron chi connectivity index (χ1n) is 7.31. The van der Waals surface area contributed by atoms with Gasteiger partial charge in [0.1, 0.15) is 0 Å². The van der Waals surface area contributed by atoms with E-state index in [1.165, 1.54) is 0 Å². The summed E-state index contributed by atoms with van der Waals surface area (Å²) >= 11 is 5.99. The minimum atomic E-state index is -0.282. The zero-order valence-electron chi connectivity index (χ0n) is 12.6. The van der Waals surface area contributed by atoms with Crippen LogP contribution >= 0.6 is 24.0 Å². The summed E-state index contributed by atoms with van der Waals surface area (Å²) in [4.78, 5) is 12.2. The van der Waals surface area contributed by atoms with Gasteiger partial charge >= 0.3 is 0 Å². The average molecular weight is 331 g/mol. The Labute approximate surface area is 138 Å². The van der Waals surface area contributed by atoms with Gasteiger partial charge in [0.05, 0.1) is 0 Å². The van der Waals surface area contributed by atoms with Crippen LogP contribution in [0.4, 0.5) is 0 Å². The Kier molecular flexibility index (Phi) is 6.51. The highest BCUT2D eigenvalue weighted by Crippen LogP contribution is 2.47. The first-order valence-corrected chi connectivity index (χ1v) is 7.69. The second-order valence-corrected chi connectivity index (χ2v) is 6.23. The minimum absolute atomic E-state index is 0. The van der Waals surface area contributed by atoms with Crippen LogP contribution in [0.5, 0.6) is 0 Å². The number of amides is 1. The van der Waals surface area contributed by atoms with Crippen LogP contribution in [0.3, 0.4) is 0 Å². The molecule has 2 rings (SSSR count). The quantitative estimate of drug-likeness (QED) is 0.838. The summed E-state index contributed by atoms with van der Waals surface area (Å²) in [5.41, 5.74) is 7.07. The Morgan fingerprint density at radius 2 is 2.10 bits per heavy atom. The molecule has 3 N–H and O–H groups in total. The summed E-state index contributed by atoms with van der Waals surface area (Å²) < 4.78 is 0. The van der Waals surface area contributed by atoms with Crippen LogP contribution in [-0.4, -0.2) is 18.0 Å². The number of nitrogens with two attached hydrogens (primary N) is 1. The van der Waals surface area contributed by atoms with Gasteiger partial charge in [0.2, 0.25) is 5.91 Å². The van der Waals surface area contributed by atoms with Crippen molar-refractivity contribution in [1.82, 2.24) is 5.32 Å². The molecule has 0 spiro atoms. The molecule has 2 atom stereocenters. The number of halogens is 2. The third-order valence-corrected chi connectivity index (χ3v) is 4.66. The fraction of sp³-hybridized carbons (Fsp3) is 0.562. The zero-order chi connectivity index (χ0) is 14.8. The highest BCUT2D eigenvalue weighted by atomic mass is 35.5. The predicted octanol–water partition coefficient (Wildman–Crippen LogP) is 3.50. The van der Waals surface area contributed by atoms with Gasteiger partial charge in [-0.05, 0) is 42.9 Å². The van der Waals surface area contributed by atoms with Gasteiger partial charge < -0.3 is 11.1 Å². The Morgan fingerprint density at radius 3 is 2.67 bits per heavy atom. The standard InChI is InChI=1S/C16H23ClN2O.ClH/c1-3-16(18,4-2)10-19-15(20)14-9-13(14)11-6-5-7-12(17)8-11;/h5-8,13-14H,3-4,9-10,18H2,1-2H3,(H,19,20);1H. The van der Waals surface area contributed by atoms with E-state index >= 15 is 0 Å². The maximum absolute atomic E-state index is 12.2. The molecule has 1 fully saturated rings. The molecular formula is C16H24Cl2N2O. The van der Waals surface area contributed by atoms with Gasteiger partial charge in [-0.1, -0.05) is 37.6 Å². The second kappa shape index (κ2) is 7.48. The average Bonchev–Trinajstić information content (AvgIpc) is 3.25. The van der Waals surface area contributed by atoms with Gasteiger partial charge in [-0.15, -0.1) is 12.4 Å². The Morgan fingerprint density at radius 1 is 1.43 bits per heavy atom. The molecule has 1 aromatic carbocycles. The molecule has 5 heteroatoms. The molecular weight excluding hydrogens is 307 g/mol. The number of benzene rings is 1. The first-order chi connectivity index (χ1) is 9.49. The molecule has 1 aromatic rings. The van der Waals surface area contributed by atoms with E-state index in [1.54, 1.807) is 0 Å². The van der Waals surface area contributed by atoms with Crippen molar-refractivity contribution >= 4 is 29.9 Å². The van der Waals surface area contributed by atoms with Crippen molar-refractivity contribution in [1.29, 1.82) is 0 Å². The lowest BCUT2D eigenvalue weighted by Crippen LogP contribution is -2.49. The van der Waals surface area contributed by atoms with Gasteiger partial charge in [-0.2, -0.15) is 0 Å². The van der Waals surface area contributed by atoms with E-state index in [1.807, 2.05) is 24.3 Å². The van der Waals surface area contributed by atoms with Crippen molar-refractivity contribution in [2.24, 2.45) is 11.7 Å². The van der Waals surface area contributed by atoms with E-state index in [0.29, 0.717) is 12.5 Å². The van der Waals surface area contributed by atoms with E-state index in [9.17, 15) is 4.79 Å². The van der Waals surface area contributed by atoms with E-state index in [2.05, 4.69) is 19.2 Å². The molecule has 1 aliphatic carbocycles. The van der Waals surface area contributed by atoms with Crippen LogP contribution in [0.15, 0.2) is 24.3 Å². The molecule has 0 aliphatic heterocycles. The van der Waals surface area contributed by atoms with Gasteiger partial charge in [0, 0.05) is 23.0 Å². The fourth-order valence-corrected chi connectivity index (χ4v) is 2.68. The number of hydrogen-bond donors (Lipinski definition) is 2. The summed E-state index contributed by atoms with van der Waals surface area (Å²) in [7, 11) is 0. The normalized spacial score (nSPS) is 20.6.